The Morgan fingerprint density at radius 1 is 1.36 bits per heavy atom. The molecule has 5 heteroatoms. The summed E-state index contributed by atoms with van der Waals surface area (Å²) in [6.07, 6.45) is -4.69. The van der Waals surface area contributed by atoms with Crippen LogP contribution in [0.25, 0.3) is 0 Å². The van der Waals surface area contributed by atoms with Gasteiger partial charge in [-0.05, 0) is 18.2 Å². The second kappa shape index (κ2) is 3.58. The van der Waals surface area contributed by atoms with E-state index in [9.17, 15) is 13.2 Å². The number of benzene rings is 1. The molecule has 0 aromatic heterocycles. The molecule has 0 saturated heterocycles. The van der Waals surface area contributed by atoms with Crippen molar-refractivity contribution in [1.29, 1.82) is 5.26 Å². The minimum atomic E-state index is -4.45. The zero-order chi connectivity index (χ0) is 10.8. The van der Waals surface area contributed by atoms with Crippen LogP contribution < -0.4 is 0 Å². The van der Waals surface area contributed by atoms with Gasteiger partial charge in [0.05, 0.1) is 18.1 Å². The first-order valence-corrected chi connectivity index (χ1v) is 3.71. The summed E-state index contributed by atoms with van der Waals surface area (Å²) >= 11 is 0. The molecule has 0 aliphatic rings. The van der Waals surface area contributed by atoms with Crippen LogP contribution in [-0.2, 0) is 12.6 Å². The Balaban J connectivity index is 3.14. The third kappa shape index (κ3) is 2.16. The molecule has 1 N–H and O–H groups in total. The van der Waals surface area contributed by atoms with Gasteiger partial charge in [-0.25, -0.2) is 0 Å². The van der Waals surface area contributed by atoms with E-state index in [0.29, 0.717) is 0 Å². The summed E-state index contributed by atoms with van der Waals surface area (Å²) in [7, 11) is 0. The summed E-state index contributed by atoms with van der Waals surface area (Å²) in [5.74, 6) is -0.292. The number of nitriles is 1. The highest BCUT2D eigenvalue weighted by Gasteiger charge is 2.30. The molecule has 0 spiro atoms. The molecule has 1 aromatic rings. The number of hydrogen-bond donors (Lipinski definition) is 1. The molecule has 0 fully saturated rings. The van der Waals surface area contributed by atoms with Crippen molar-refractivity contribution in [3.8, 4) is 11.8 Å². The van der Waals surface area contributed by atoms with Gasteiger partial charge in [0.15, 0.2) is 0 Å². The van der Waals surface area contributed by atoms with Crippen molar-refractivity contribution in [1.82, 2.24) is 0 Å². The van der Waals surface area contributed by atoms with E-state index in [1.807, 2.05) is 0 Å². The van der Waals surface area contributed by atoms with Crippen molar-refractivity contribution in [2.75, 3.05) is 0 Å². The van der Waals surface area contributed by atoms with Crippen molar-refractivity contribution in [2.45, 2.75) is 12.6 Å². The number of aromatic hydroxyl groups is 1. The Hall–Kier alpha value is -1.70. The number of alkyl halides is 3. The van der Waals surface area contributed by atoms with Crippen LogP contribution in [0.15, 0.2) is 18.2 Å². The number of nitrogens with zero attached hydrogens (tertiary/aromatic N) is 1. The van der Waals surface area contributed by atoms with Crippen molar-refractivity contribution >= 4 is 0 Å². The van der Waals surface area contributed by atoms with Gasteiger partial charge in [-0.3, -0.25) is 0 Å². The minimum absolute atomic E-state index is 0.0117. The molecule has 0 saturated carbocycles. The summed E-state index contributed by atoms with van der Waals surface area (Å²) in [6, 6.07) is 4.17. The fraction of sp³-hybridized carbons (Fsp3) is 0.222. The summed E-state index contributed by atoms with van der Waals surface area (Å²) in [5, 5.41) is 17.4. The van der Waals surface area contributed by atoms with E-state index >= 15 is 0 Å². The molecule has 0 aliphatic heterocycles. The number of rotatable bonds is 1. The highest BCUT2D eigenvalue weighted by atomic mass is 19.4. The molecule has 14 heavy (non-hydrogen) atoms. The smallest absolute Gasteiger partial charge is 0.416 e. The van der Waals surface area contributed by atoms with Crippen molar-refractivity contribution in [3.63, 3.8) is 0 Å². The monoisotopic (exact) mass is 201 g/mol. The van der Waals surface area contributed by atoms with Crippen LogP contribution in [-0.4, -0.2) is 5.11 Å². The maximum absolute atomic E-state index is 12.2. The molecule has 0 heterocycles. The van der Waals surface area contributed by atoms with Crippen LogP contribution in [0.1, 0.15) is 11.1 Å². The molecule has 1 aromatic carbocycles. The Morgan fingerprint density at radius 3 is 2.50 bits per heavy atom. The molecule has 0 amide bonds. The van der Waals surface area contributed by atoms with Gasteiger partial charge < -0.3 is 5.11 Å². The van der Waals surface area contributed by atoms with Gasteiger partial charge in [-0.1, -0.05) is 0 Å². The lowest BCUT2D eigenvalue weighted by Crippen LogP contribution is -2.05. The van der Waals surface area contributed by atoms with E-state index < -0.39 is 11.7 Å². The molecule has 2 nitrogen and oxygen atoms in total. The van der Waals surface area contributed by atoms with Gasteiger partial charge in [0.2, 0.25) is 0 Å². The lowest BCUT2D eigenvalue weighted by atomic mass is 10.1. The second-order valence-electron chi connectivity index (χ2n) is 2.68. The molecule has 74 valence electrons. The fourth-order valence-corrected chi connectivity index (χ4v) is 0.989. The third-order valence-corrected chi connectivity index (χ3v) is 1.68. The zero-order valence-electron chi connectivity index (χ0n) is 6.97. The van der Waals surface area contributed by atoms with Crippen LogP contribution >= 0.6 is 0 Å². The predicted molar refractivity (Wildman–Crippen MR) is 42.4 cm³/mol. The molecule has 0 unspecified atom stereocenters. The third-order valence-electron chi connectivity index (χ3n) is 1.68. The standard InChI is InChI=1S/C9H6F3NO/c10-9(11,12)7-1-2-8(14)6(5-7)3-4-13/h1-2,5,14H,3H2. The Labute approximate surface area is 78.2 Å². The molecule has 1 rings (SSSR count). The normalized spacial score (nSPS) is 11.0. The van der Waals surface area contributed by atoms with Crippen molar-refractivity contribution < 1.29 is 18.3 Å². The number of phenolic OH excluding ortho intramolecular Hbond substituents is 1. The molecule has 0 radical (unpaired) electrons. The summed E-state index contributed by atoms with van der Waals surface area (Å²) in [6.45, 7) is 0. The van der Waals surface area contributed by atoms with Gasteiger partial charge in [-0.2, -0.15) is 18.4 Å². The van der Waals surface area contributed by atoms with Gasteiger partial charge in [0, 0.05) is 5.56 Å². The van der Waals surface area contributed by atoms with Crippen LogP contribution in [0.2, 0.25) is 0 Å². The molecular weight excluding hydrogens is 195 g/mol. The lowest BCUT2D eigenvalue weighted by molar-refractivity contribution is -0.137. The molecule has 0 bridgehead atoms. The lowest BCUT2D eigenvalue weighted by Gasteiger charge is -2.08. The number of hydrogen-bond acceptors (Lipinski definition) is 2. The quantitative estimate of drug-likeness (QED) is 0.758. The second-order valence-corrected chi connectivity index (χ2v) is 2.68. The largest absolute Gasteiger partial charge is 0.508 e. The van der Waals surface area contributed by atoms with E-state index in [0.717, 1.165) is 18.2 Å². The first kappa shape index (κ1) is 10.4. The maximum Gasteiger partial charge on any atom is 0.416 e. The molecule has 0 atom stereocenters. The molecular formula is C9H6F3NO. The van der Waals surface area contributed by atoms with Gasteiger partial charge in [0.25, 0.3) is 0 Å². The topological polar surface area (TPSA) is 44.0 Å². The van der Waals surface area contributed by atoms with Crippen LogP contribution in [0.5, 0.6) is 5.75 Å². The Morgan fingerprint density at radius 2 is 2.00 bits per heavy atom. The maximum atomic E-state index is 12.2. The zero-order valence-corrected chi connectivity index (χ0v) is 6.97. The van der Waals surface area contributed by atoms with Gasteiger partial charge >= 0.3 is 6.18 Å². The van der Waals surface area contributed by atoms with E-state index in [4.69, 9.17) is 10.4 Å². The number of halogens is 3. The van der Waals surface area contributed by atoms with E-state index in [1.165, 1.54) is 0 Å². The summed E-state index contributed by atoms with van der Waals surface area (Å²) in [5.41, 5.74) is -0.872. The number of phenols is 1. The first-order chi connectivity index (χ1) is 6.45. The van der Waals surface area contributed by atoms with Crippen molar-refractivity contribution in [3.05, 3.63) is 29.3 Å². The van der Waals surface area contributed by atoms with Crippen LogP contribution in [0.4, 0.5) is 13.2 Å². The minimum Gasteiger partial charge on any atom is -0.508 e. The van der Waals surface area contributed by atoms with Gasteiger partial charge in [0.1, 0.15) is 5.75 Å². The SMILES string of the molecule is N#CCc1cc(C(F)(F)F)ccc1O. The highest BCUT2D eigenvalue weighted by Crippen LogP contribution is 2.32. The van der Waals surface area contributed by atoms with Crippen LogP contribution in [0, 0.1) is 11.3 Å². The highest BCUT2D eigenvalue weighted by molar-refractivity contribution is 5.38. The fourth-order valence-electron chi connectivity index (χ4n) is 0.989. The summed E-state index contributed by atoms with van der Waals surface area (Å²) in [4.78, 5) is 0. The summed E-state index contributed by atoms with van der Waals surface area (Å²) < 4.78 is 36.5. The van der Waals surface area contributed by atoms with Crippen LogP contribution in [0.3, 0.4) is 0 Å². The Bertz CT molecular complexity index is 379. The van der Waals surface area contributed by atoms with E-state index in [1.54, 1.807) is 6.07 Å². The Kier molecular flexibility index (Phi) is 2.65. The van der Waals surface area contributed by atoms with E-state index in [-0.39, 0.29) is 17.7 Å². The molecule has 0 aliphatic carbocycles. The predicted octanol–water partition coefficient (Wildman–Crippen LogP) is 2.48. The van der Waals surface area contributed by atoms with Crippen molar-refractivity contribution in [2.24, 2.45) is 0 Å². The first-order valence-electron chi connectivity index (χ1n) is 3.71. The van der Waals surface area contributed by atoms with E-state index in [2.05, 4.69) is 0 Å². The van der Waals surface area contributed by atoms with Gasteiger partial charge in [-0.15, -0.1) is 0 Å². The average Bonchev–Trinajstić information content (AvgIpc) is 2.07. The average molecular weight is 201 g/mol.